The quantitative estimate of drug-likeness (QED) is 0.816. The third kappa shape index (κ3) is 4.23. The summed E-state index contributed by atoms with van der Waals surface area (Å²) in [5.74, 6) is 5.89. The van der Waals surface area contributed by atoms with Crippen molar-refractivity contribution in [2.24, 2.45) is 5.73 Å². The van der Waals surface area contributed by atoms with E-state index in [2.05, 4.69) is 38.2 Å². The number of carbonyl (C=O) groups is 1. The van der Waals surface area contributed by atoms with Gasteiger partial charge in [-0.3, -0.25) is 4.90 Å². The maximum absolute atomic E-state index is 11.2. The molecule has 1 aliphatic heterocycles. The summed E-state index contributed by atoms with van der Waals surface area (Å²) in [5.41, 5.74) is 6.39. The van der Waals surface area contributed by atoms with E-state index in [0.717, 1.165) is 31.6 Å². The van der Waals surface area contributed by atoms with Crippen molar-refractivity contribution in [1.82, 2.24) is 10.2 Å². The predicted molar refractivity (Wildman–Crippen MR) is 79.5 cm³/mol. The number of likely N-dealkylation sites (tertiary alicyclic amines) is 1. The molecule has 108 valence electrons. The summed E-state index contributed by atoms with van der Waals surface area (Å²) in [5, 5.41) is 4.90. The molecule has 2 rings (SSSR count). The summed E-state index contributed by atoms with van der Waals surface area (Å²) < 4.78 is 4.61. The second-order valence-corrected chi connectivity index (χ2v) is 5.66. The fourth-order valence-corrected chi connectivity index (χ4v) is 3.08. The minimum atomic E-state index is -0.354. The van der Waals surface area contributed by atoms with Gasteiger partial charge in [0.25, 0.3) is 0 Å². The van der Waals surface area contributed by atoms with E-state index in [9.17, 15) is 4.79 Å². The molecule has 1 aliphatic rings. The van der Waals surface area contributed by atoms with Crippen LogP contribution in [0.25, 0.3) is 0 Å². The van der Waals surface area contributed by atoms with Crippen LogP contribution in [0.15, 0.2) is 11.4 Å². The van der Waals surface area contributed by atoms with Crippen LogP contribution in [0.4, 0.5) is 4.79 Å². The van der Waals surface area contributed by atoms with Gasteiger partial charge < -0.3 is 15.8 Å². The molecule has 0 aliphatic carbocycles. The van der Waals surface area contributed by atoms with E-state index in [1.54, 1.807) is 11.3 Å². The van der Waals surface area contributed by atoms with Crippen molar-refractivity contribution in [3.05, 3.63) is 21.9 Å². The molecular weight excluding hydrogens is 274 g/mol. The lowest BCUT2D eigenvalue weighted by Crippen LogP contribution is -2.36. The molecule has 1 amide bonds. The van der Waals surface area contributed by atoms with Crippen LogP contribution in [0, 0.1) is 11.8 Å². The Hall–Kier alpha value is -1.55. The number of rotatable bonds is 3. The van der Waals surface area contributed by atoms with Crippen LogP contribution >= 0.6 is 11.3 Å². The zero-order valence-corrected chi connectivity index (χ0v) is 12.3. The number of hydrogen-bond acceptors (Lipinski definition) is 5. The minimum absolute atomic E-state index is 0.180. The number of carbonyl (C=O) groups excluding carboxylic acids is 1. The van der Waals surface area contributed by atoms with Crippen molar-refractivity contribution in [1.29, 1.82) is 0 Å². The number of ether oxygens (including phenoxy) is 1. The van der Waals surface area contributed by atoms with Gasteiger partial charge in [-0.2, -0.15) is 0 Å². The second kappa shape index (κ2) is 7.29. The highest BCUT2D eigenvalue weighted by Crippen LogP contribution is 2.19. The molecule has 1 unspecified atom stereocenters. The van der Waals surface area contributed by atoms with Gasteiger partial charge in [-0.1, -0.05) is 11.8 Å². The number of thiophene rings is 1. The first-order valence-corrected chi connectivity index (χ1v) is 7.42. The molecule has 1 atom stereocenters. The summed E-state index contributed by atoms with van der Waals surface area (Å²) in [6.45, 7) is 3.12. The number of amides is 1. The number of methoxy groups -OCH3 is 1. The van der Waals surface area contributed by atoms with Crippen LogP contribution in [0.3, 0.4) is 0 Å². The highest BCUT2D eigenvalue weighted by Gasteiger charge is 2.24. The van der Waals surface area contributed by atoms with Gasteiger partial charge in [0.1, 0.15) is 0 Å². The van der Waals surface area contributed by atoms with E-state index in [1.165, 1.54) is 12.0 Å². The normalized spacial score (nSPS) is 18.4. The predicted octanol–water partition coefficient (Wildman–Crippen LogP) is 0.989. The Kier molecular flexibility index (Phi) is 5.41. The van der Waals surface area contributed by atoms with Crippen LogP contribution in [-0.4, -0.2) is 43.8 Å². The summed E-state index contributed by atoms with van der Waals surface area (Å²) in [6, 6.07) is 2.29. The Labute approximate surface area is 123 Å². The Morgan fingerprint density at radius 1 is 1.70 bits per heavy atom. The average Bonchev–Trinajstić information content (AvgIpc) is 3.06. The molecule has 3 N–H and O–H groups in total. The van der Waals surface area contributed by atoms with Gasteiger partial charge in [-0.15, -0.1) is 11.3 Å². The average molecular weight is 293 g/mol. The number of nitrogens with zero attached hydrogens (tertiary/aromatic N) is 1. The first-order chi connectivity index (χ1) is 9.71. The Morgan fingerprint density at radius 2 is 2.55 bits per heavy atom. The largest absolute Gasteiger partial charge is 0.453 e. The van der Waals surface area contributed by atoms with E-state index in [0.29, 0.717) is 6.54 Å². The van der Waals surface area contributed by atoms with E-state index >= 15 is 0 Å². The summed E-state index contributed by atoms with van der Waals surface area (Å²) in [4.78, 5) is 14.8. The van der Waals surface area contributed by atoms with Crippen LogP contribution in [0.2, 0.25) is 0 Å². The first-order valence-electron chi connectivity index (χ1n) is 6.54. The maximum Gasteiger partial charge on any atom is 0.407 e. The molecule has 20 heavy (non-hydrogen) atoms. The summed E-state index contributed by atoms with van der Waals surface area (Å²) in [6.07, 6.45) is 0.604. The van der Waals surface area contributed by atoms with Crippen molar-refractivity contribution in [2.45, 2.75) is 19.0 Å². The molecule has 0 saturated carbocycles. The molecule has 1 aromatic rings. The van der Waals surface area contributed by atoms with Gasteiger partial charge >= 0.3 is 6.09 Å². The number of nitrogens with two attached hydrogens (primary N) is 1. The zero-order chi connectivity index (χ0) is 14.4. The topological polar surface area (TPSA) is 67.6 Å². The smallest absolute Gasteiger partial charge is 0.407 e. The first kappa shape index (κ1) is 14.9. The molecule has 0 bridgehead atoms. The SMILES string of the molecule is COC(=O)NC1CCN(Cc2cc(C#CCN)cs2)C1. The molecule has 5 nitrogen and oxygen atoms in total. The number of alkyl carbamates (subject to hydrolysis) is 1. The van der Waals surface area contributed by atoms with E-state index in [1.807, 2.05) is 0 Å². The summed E-state index contributed by atoms with van der Waals surface area (Å²) >= 11 is 1.71. The van der Waals surface area contributed by atoms with Gasteiger partial charge in [0.05, 0.1) is 13.7 Å². The van der Waals surface area contributed by atoms with Crippen molar-refractivity contribution in [2.75, 3.05) is 26.7 Å². The third-order valence-corrected chi connectivity index (χ3v) is 4.07. The van der Waals surface area contributed by atoms with E-state index in [-0.39, 0.29) is 12.1 Å². The van der Waals surface area contributed by atoms with Crippen LogP contribution in [-0.2, 0) is 11.3 Å². The molecule has 6 heteroatoms. The van der Waals surface area contributed by atoms with Crippen LogP contribution < -0.4 is 11.1 Å². The standard InChI is InChI=1S/C14H19N3O2S/c1-19-14(18)16-12-4-6-17(8-12)9-13-7-11(10-20-13)3-2-5-15/h7,10,12H,4-6,8-9,15H2,1H3,(H,16,18). The molecule has 2 heterocycles. The monoisotopic (exact) mass is 293 g/mol. The molecule has 1 aromatic heterocycles. The molecule has 0 aromatic carbocycles. The molecule has 0 spiro atoms. The Balaban J connectivity index is 1.83. The van der Waals surface area contributed by atoms with Gasteiger partial charge in [0, 0.05) is 41.5 Å². The van der Waals surface area contributed by atoms with Crippen LogP contribution in [0.5, 0.6) is 0 Å². The fraction of sp³-hybridized carbons (Fsp3) is 0.500. The molecule has 0 radical (unpaired) electrons. The van der Waals surface area contributed by atoms with Crippen molar-refractivity contribution < 1.29 is 9.53 Å². The zero-order valence-electron chi connectivity index (χ0n) is 11.5. The lowest BCUT2D eigenvalue weighted by Gasteiger charge is -2.15. The van der Waals surface area contributed by atoms with E-state index < -0.39 is 0 Å². The lowest BCUT2D eigenvalue weighted by atomic mass is 10.3. The molecular formula is C14H19N3O2S. The van der Waals surface area contributed by atoms with Crippen LogP contribution in [0.1, 0.15) is 16.9 Å². The maximum atomic E-state index is 11.2. The lowest BCUT2D eigenvalue weighted by molar-refractivity contribution is 0.166. The molecule has 1 fully saturated rings. The number of hydrogen-bond donors (Lipinski definition) is 2. The Bertz CT molecular complexity index is 518. The van der Waals surface area contributed by atoms with E-state index in [4.69, 9.17) is 5.73 Å². The third-order valence-electron chi connectivity index (χ3n) is 3.15. The highest BCUT2D eigenvalue weighted by atomic mass is 32.1. The molecule has 1 saturated heterocycles. The van der Waals surface area contributed by atoms with Gasteiger partial charge in [-0.25, -0.2) is 4.79 Å². The van der Waals surface area contributed by atoms with Gasteiger partial charge in [-0.05, 0) is 12.5 Å². The van der Waals surface area contributed by atoms with Crippen molar-refractivity contribution >= 4 is 17.4 Å². The highest BCUT2D eigenvalue weighted by molar-refractivity contribution is 7.10. The fourth-order valence-electron chi connectivity index (χ4n) is 2.22. The van der Waals surface area contributed by atoms with Crippen molar-refractivity contribution in [3.8, 4) is 11.8 Å². The minimum Gasteiger partial charge on any atom is -0.453 e. The van der Waals surface area contributed by atoms with Crippen molar-refractivity contribution in [3.63, 3.8) is 0 Å². The Morgan fingerprint density at radius 3 is 3.30 bits per heavy atom. The second-order valence-electron chi connectivity index (χ2n) is 4.66. The van der Waals surface area contributed by atoms with Gasteiger partial charge in [0.2, 0.25) is 0 Å². The summed E-state index contributed by atoms with van der Waals surface area (Å²) in [7, 11) is 1.39. The number of nitrogens with one attached hydrogen (secondary N) is 1. The van der Waals surface area contributed by atoms with Gasteiger partial charge in [0.15, 0.2) is 0 Å².